The summed E-state index contributed by atoms with van der Waals surface area (Å²) in [5, 5.41) is 3.31. The third kappa shape index (κ3) is 6.62. The summed E-state index contributed by atoms with van der Waals surface area (Å²) >= 11 is 0. The molecule has 1 unspecified atom stereocenters. The predicted molar refractivity (Wildman–Crippen MR) is 111 cm³/mol. The van der Waals surface area contributed by atoms with Gasteiger partial charge in [0.05, 0.1) is 6.10 Å². The molecule has 1 atom stereocenters. The molecular formula is C19H25FIN3O. The van der Waals surface area contributed by atoms with Gasteiger partial charge in [-0.2, -0.15) is 0 Å². The molecule has 0 heterocycles. The van der Waals surface area contributed by atoms with E-state index in [4.69, 9.17) is 4.74 Å². The second-order valence-corrected chi connectivity index (χ2v) is 5.55. The lowest BCUT2D eigenvalue weighted by Crippen LogP contribution is -2.40. The molecule has 0 bridgehead atoms. The molecule has 6 heteroatoms. The summed E-state index contributed by atoms with van der Waals surface area (Å²) in [6.45, 7) is 1.31. The Labute approximate surface area is 166 Å². The van der Waals surface area contributed by atoms with Crippen molar-refractivity contribution in [2.75, 3.05) is 27.7 Å². The molecule has 0 radical (unpaired) electrons. The third-order valence-corrected chi connectivity index (χ3v) is 3.81. The summed E-state index contributed by atoms with van der Waals surface area (Å²) < 4.78 is 18.6. The number of halogens is 2. The smallest absolute Gasteiger partial charge is 0.193 e. The van der Waals surface area contributed by atoms with Gasteiger partial charge in [0.25, 0.3) is 0 Å². The van der Waals surface area contributed by atoms with Crippen molar-refractivity contribution in [1.29, 1.82) is 0 Å². The normalized spacial score (nSPS) is 12.2. The Morgan fingerprint density at radius 1 is 1.16 bits per heavy atom. The molecule has 0 saturated heterocycles. The molecule has 2 rings (SSSR count). The first-order valence-corrected chi connectivity index (χ1v) is 7.88. The Balaban J connectivity index is 0.00000312. The highest BCUT2D eigenvalue weighted by molar-refractivity contribution is 14.0. The van der Waals surface area contributed by atoms with Crippen molar-refractivity contribution in [2.24, 2.45) is 4.99 Å². The van der Waals surface area contributed by atoms with Gasteiger partial charge in [0.2, 0.25) is 0 Å². The van der Waals surface area contributed by atoms with E-state index in [0.717, 1.165) is 18.1 Å². The fraction of sp³-hybridized carbons (Fsp3) is 0.316. The fourth-order valence-electron chi connectivity index (χ4n) is 2.52. The number of hydrogen-bond donors (Lipinski definition) is 1. The highest BCUT2D eigenvalue weighted by atomic mass is 127. The Hall–Kier alpha value is -1.67. The number of benzene rings is 2. The number of aliphatic imine (C=N–C) groups is 1. The lowest BCUT2D eigenvalue weighted by molar-refractivity contribution is 0.106. The molecule has 1 N–H and O–H groups in total. The van der Waals surface area contributed by atoms with E-state index >= 15 is 0 Å². The van der Waals surface area contributed by atoms with Gasteiger partial charge in [-0.05, 0) is 23.3 Å². The summed E-state index contributed by atoms with van der Waals surface area (Å²) in [6.07, 6.45) is -0.174. The van der Waals surface area contributed by atoms with E-state index in [1.165, 1.54) is 17.7 Å². The first kappa shape index (κ1) is 21.4. The zero-order valence-electron chi connectivity index (χ0n) is 14.8. The molecule has 136 valence electrons. The molecule has 0 saturated carbocycles. The van der Waals surface area contributed by atoms with Gasteiger partial charge in [-0.15, -0.1) is 24.0 Å². The van der Waals surface area contributed by atoms with Crippen molar-refractivity contribution < 1.29 is 9.13 Å². The lowest BCUT2D eigenvalue weighted by atomic mass is 10.1. The maximum atomic E-state index is 13.1. The zero-order valence-corrected chi connectivity index (χ0v) is 17.1. The van der Waals surface area contributed by atoms with Gasteiger partial charge in [-0.25, -0.2) is 4.39 Å². The van der Waals surface area contributed by atoms with E-state index in [-0.39, 0.29) is 35.9 Å². The van der Waals surface area contributed by atoms with Crippen LogP contribution in [0.1, 0.15) is 17.2 Å². The number of guanidine groups is 1. The standard InChI is InChI=1S/C19H24FN3O.HI/c1-21-19(23(2)14-15-7-5-4-6-8-15)22-13-18(24-3)16-9-11-17(20)12-10-16;/h4-12,18H,13-14H2,1-3H3,(H,21,22);1H. The maximum Gasteiger partial charge on any atom is 0.193 e. The Morgan fingerprint density at radius 3 is 2.36 bits per heavy atom. The first-order chi connectivity index (χ1) is 11.6. The molecule has 25 heavy (non-hydrogen) atoms. The van der Waals surface area contributed by atoms with Crippen LogP contribution in [0.2, 0.25) is 0 Å². The van der Waals surface area contributed by atoms with Gasteiger partial charge in [0.15, 0.2) is 5.96 Å². The van der Waals surface area contributed by atoms with E-state index in [1.807, 2.05) is 30.1 Å². The predicted octanol–water partition coefficient (Wildman–Crippen LogP) is 3.84. The maximum absolute atomic E-state index is 13.1. The van der Waals surface area contributed by atoms with Crippen LogP contribution >= 0.6 is 24.0 Å². The summed E-state index contributed by atoms with van der Waals surface area (Å²) in [7, 11) is 5.39. The molecule has 4 nitrogen and oxygen atoms in total. The Bertz CT molecular complexity index is 649. The quantitative estimate of drug-likeness (QED) is 0.407. The highest BCUT2D eigenvalue weighted by Crippen LogP contribution is 2.16. The molecule has 0 aliphatic rings. The van der Waals surface area contributed by atoms with Crippen molar-refractivity contribution in [2.45, 2.75) is 12.6 Å². The summed E-state index contributed by atoms with van der Waals surface area (Å²) in [6, 6.07) is 16.6. The van der Waals surface area contributed by atoms with Gasteiger partial charge >= 0.3 is 0 Å². The summed E-state index contributed by atoms with van der Waals surface area (Å²) in [5.41, 5.74) is 2.14. The van der Waals surface area contributed by atoms with Gasteiger partial charge in [0.1, 0.15) is 5.82 Å². The van der Waals surface area contributed by atoms with Crippen LogP contribution in [0.5, 0.6) is 0 Å². The molecule has 0 amide bonds. The lowest BCUT2D eigenvalue weighted by Gasteiger charge is -2.24. The van der Waals surface area contributed by atoms with E-state index in [9.17, 15) is 4.39 Å². The van der Waals surface area contributed by atoms with E-state index in [0.29, 0.717) is 6.54 Å². The topological polar surface area (TPSA) is 36.9 Å². The summed E-state index contributed by atoms with van der Waals surface area (Å²) in [4.78, 5) is 6.36. The van der Waals surface area contributed by atoms with Crippen LogP contribution in [0, 0.1) is 5.82 Å². The van der Waals surface area contributed by atoms with Crippen LogP contribution in [0.15, 0.2) is 59.6 Å². The monoisotopic (exact) mass is 457 g/mol. The van der Waals surface area contributed by atoms with Crippen LogP contribution in [0.3, 0.4) is 0 Å². The minimum atomic E-state index is -0.250. The Morgan fingerprint density at radius 2 is 1.80 bits per heavy atom. The minimum Gasteiger partial charge on any atom is -0.375 e. The number of rotatable bonds is 6. The van der Waals surface area contributed by atoms with Crippen LogP contribution in [0.4, 0.5) is 4.39 Å². The van der Waals surface area contributed by atoms with Gasteiger partial charge in [0, 0.05) is 34.3 Å². The largest absolute Gasteiger partial charge is 0.375 e. The molecular weight excluding hydrogens is 432 g/mol. The average Bonchev–Trinajstić information content (AvgIpc) is 2.61. The highest BCUT2D eigenvalue weighted by Gasteiger charge is 2.13. The zero-order chi connectivity index (χ0) is 17.4. The van der Waals surface area contributed by atoms with Crippen molar-refractivity contribution in [3.63, 3.8) is 0 Å². The van der Waals surface area contributed by atoms with Crippen LogP contribution < -0.4 is 5.32 Å². The van der Waals surface area contributed by atoms with Crippen molar-refractivity contribution >= 4 is 29.9 Å². The molecule has 0 aliphatic heterocycles. The van der Waals surface area contributed by atoms with Crippen LogP contribution in [-0.2, 0) is 11.3 Å². The number of hydrogen-bond acceptors (Lipinski definition) is 2. The van der Waals surface area contributed by atoms with E-state index in [1.54, 1.807) is 26.3 Å². The van der Waals surface area contributed by atoms with Gasteiger partial charge in [-0.1, -0.05) is 42.5 Å². The minimum absolute atomic E-state index is 0. The van der Waals surface area contributed by atoms with Crippen LogP contribution in [0.25, 0.3) is 0 Å². The second kappa shape index (κ2) is 11.0. The molecule has 2 aromatic carbocycles. The van der Waals surface area contributed by atoms with E-state index < -0.39 is 0 Å². The molecule has 2 aromatic rings. The number of nitrogens with one attached hydrogen (secondary N) is 1. The van der Waals surface area contributed by atoms with Gasteiger partial charge in [-0.3, -0.25) is 4.99 Å². The third-order valence-electron chi connectivity index (χ3n) is 3.81. The second-order valence-electron chi connectivity index (χ2n) is 5.55. The number of methoxy groups -OCH3 is 1. The molecule has 0 spiro atoms. The van der Waals surface area contributed by atoms with Crippen molar-refractivity contribution in [3.05, 3.63) is 71.5 Å². The molecule has 0 fully saturated rings. The van der Waals surface area contributed by atoms with E-state index in [2.05, 4.69) is 22.4 Å². The first-order valence-electron chi connectivity index (χ1n) is 7.88. The van der Waals surface area contributed by atoms with Gasteiger partial charge < -0.3 is 15.0 Å². The number of ether oxygens (including phenoxy) is 1. The molecule has 0 aliphatic carbocycles. The van der Waals surface area contributed by atoms with Crippen LogP contribution in [-0.4, -0.2) is 38.6 Å². The van der Waals surface area contributed by atoms with Crippen molar-refractivity contribution in [1.82, 2.24) is 10.2 Å². The average molecular weight is 457 g/mol. The molecule has 0 aromatic heterocycles. The SMILES string of the molecule is CN=C(NCC(OC)c1ccc(F)cc1)N(C)Cc1ccccc1.I. The fourth-order valence-corrected chi connectivity index (χ4v) is 2.52. The van der Waals surface area contributed by atoms with Crippen molar-refractivity contribution in [3.8, 4) is 0 Å². The summed E-state index contributed by atoms with van der Waals surface area (Å²) in [5.74, 6) is 0.531. The Kier molecular flexibility index (Phi) is 9.44. The number of nitrogens with zero attached hydrogens (tertiary/aromatic N) is 2.